The first-order valence-electron chi connectivity index (χ1n) is 7.04. The number of fused-ring (bicyclic) bond motifs is 1. The summed E-state index contributed by atoms with van der Waals surface area (Å²) in [6.07, 6.45) is 0.925. The first-order chi connectivity index (χ1) is 10.6. The van der Waals surface area contributed by atoms with Crippen molar-refractivity contribution in [2.75, 3.05) is 0 Å². The van der Waals surface area contributed by atoms with Crippen molar-refractivity contribution in [1.29, 1.82) is 0 Å². The second-order valence-corrected chi connectivity index (χ2v) is 5.25. The Morgan fingerprint density at radius 2 is 2.14 bits per heavy atom. The van der Waals surface area contributed by atoms with Crippen LogP contribution in [-0.2, 0) is 14.3 Å². The summed E-state index contributed by atoms with van der Waals surface area (Å²) in [5.74, 6) is -0.757. The molecule has 8 heteroatoms. The number of pyridine rings is 1. The maximum Gasteiger partial charge on any atom is 0.332 e. The van der Waals surface area contributed by atoms with Gasteiger partial charge in [0.25, 0.3) is 0 Å². The molecule has 2 aromatic heterocycles. The van der Waals surface area contributed by atoms with Gasteiger partial charge in [-0.05, 0) is 31.9 Å². The van der Waals surface area contributed by atoms with Crippen LogP contribution in [0.3, 0.4) is 0 Å². The number of rotatable bonds is 4. The summed E-state index contributed by atoms with van der Waals surface area (Å²) < 4.78 is 7.03. The van der Waals surface area contributed by atoms with E-state index in [0.717, 1.165) is 0 Å². The molecule has 0 radical (unpaired) electrons. The van der Waals surface area contributed by atoms with Crippen LogP contribution in [0.1, 0.15) is 31.6 Å². The summed E-state index contributed by atoms with van der Waals surface area (Å²) >= 11 is 0. The van der Waals surface area contributed by atoms with Gasteiger partial charge in [0, 0.05) is 6.20 Å². The van der Waals surface area contributed by atoms with Crippen molar-refractivity contribution in [2.24, 2.45) is 0 Å². The Hall–Kier alpha value is -2.48. The normalized spacial score (nSPS) is 22.6. The summed E-state index contributed by atoms with van der Waals surface area (Å²) in [7, 11) is 0. The van der Waals surface area contributed by atoms with E-state index in [-0.39, 0.29) is 11.9 Å². The van der Waals surface area contributed by atoms with E-state index >= 15 is 0 Å². The zero-order valence-corrected chi connectivity index (χ0v) is 12.0. The summed E-state index contributed by atoms with van der Waals surface area (Å²) in [6, 6.07) is 5.17. The first kappa shape index (κ1) is 14.5. The molecule has 22 heavy (non-hydrogen) atoms. The maximum absolute atomic E-state index is 12.2. The highest BCUT2D eigenvalue weighted by Gasteiger charge is 2.35. The fourth-order valence-corrected chi connectivity index (χ4v) is 2.54. The Balaban J connectivity index is 1.68. The minimum Gasteiger partial charge on any atom is -0.479 e. The second kappa shape index (κ2) is 5.72. The average Bonchev–Trinajstić information content (AvgIpc) is 3.14. The molecule has 1 saturated heterocycles. The van der Waals surface area contributed by atoms with Gasteiger partial charge in [-0.1, -0.05) is 6.07 Å². The van der Waals surface area contributed by atoms with Crippen LogP contribution in [0.5, 0.6) is 0 Å². The quantitative estimate of drug-likeness (QED) is 0.854. The lowest BCUT2D eigenvalue weighted by atomic mass is 10.2. The monoisotopic (exact) mass is 304 g/mol. The lowest BCUT2D eigenvalue weighted by Gasteiger charge is -2.16. The lowest BCUT2D eigenvalue weighted by molar-refractivity contribution is -0.151. The van der Waals surface area contributed by atoms with E-state index in [2.05, 4.69) is 15.5 Å². The number of carboxylic acids is 1. The standard InChI is InChI=1S/C14H16N4O4/c1-8(12-17-16-11-4-2-3-7-18(11)12)15-13(19)9-5-6-10(22-9)14(20)21/h2-4,7-10H,5-6H2,1H3,(H,15,19)(H,20,21)/t8?,9-,10+/m0/s1. The highest BCUT2D eigenvalue weighted by atomic mass is 16.5. The number of aliphatic carboxylic acids is 1. The van der Waals surface area contributed by atoms with Crippen molar-refractivity contribution in [3.63, 3.8) is 0 Å². The number of carbonyl (C=O) groups is 2. The minimum absolute atomic E-state index is 0.330. The van der Waals surface area contributed by atoms with Crippen LogP contribution in [0.15, 0.2) is 24.4 Å². The molecule has 0 saturated carbocycles. The van der Waals surface area contributed by atoms with Crippen LogP contribution < -0.4 is 5.32 Å². The zero-order valence-electron chi connectivity index (χ0n) is 12.0. The van der Waals surface area contributed by atoms with Crippen molar-refractivity contribution in [1.82, 2.24) is 19.9 Å². The Kier molecular flexibility index (Phi) is 3.76. The highest BCUT2D eigenvalue weighted by molar-refractivity contribution is 5.82. The molecule has 1 fully saturated rings. The fourth-order valence-electron chi connectivity index (χ4n) is 2.54. The van der Waals surface area contributed by atoms with Crippen LogP contribution in [0.4, 0.5) is 0 Å². The highest BCUT2D eigenvalue weighted by Crippen LogP contribution is 2.21. The van der Waals surface area contributed by atoms with Gasteiger partial charge in [-0.3, -0.25) is 9.20 Å². The molecule has 0 bridgehead atoms. The number of nitrogens with one attached hydrogen (secondary N) is 1. The van der Waals surface area contributed by atoms with E-state index in [1.807, 2.05) is 24.4 Å². The molecule has 8 nitrogen and oxygen atoms in total. The van der Waals surface area contributed by atoms with Crippen molar-refractivity contribution < 1.29 is 19.4 Å². The van der Waals surface area contributed by atoms with Gasteiger partial charge < -0.3 is 15.2 Å². The third-order valence-corrected chi connectivity index (χ3v) is 3.67. The lowest BCUT2D eigenvalue weighted by Crippen LogP contribution is -2.37. The van der Waals surface area contributed by atoms with Gasteiger partial charge in [0.2, 0.25) is 5.91 Å². The summed E-state index contributed by atoms with van der Waals surface area (Å²) in [5.41, 5.74) is 0.696. The second-order valence-electron chi connectivity index (χ2n) is 5.25. The molecule has 0 aromatic carbocycles. The van der Waals surface area contributed by atoms with Gasteiger partial charge in [-0.2, -0.15) is 0 Å². The van der Waals surface area contributed by atoms with Crippen LogP contribution in [0.25, 0.3) is 5.65 Å². The minimum atomic E-state index is -1.04. The largest absolute Gasteiger partial charge is 0.479 e. The van der Waals surface area contributed by atoms with Crippen LogP contribution in [-0.4, -0.2) is 43.8 Å². The van der Waals surface area contributed by atoms with E-state index in [0.29, 0.717) is 24.3 Å². The molecular formula is C14H16N4O4. The fraction of sp³-hybridized carbons (Fsp3) is 0.429. The van der Waals surface area contributed by atoms with Gasteiger partial charge in [-0.25, -0.2) is 4.79 Å². The van der Waals surface area contributed by atoms with Gasteiger partial charge in [0.05, 0.1) is 6.04 Å². The topological polar surface area (TPSA) is 106 Å². The third-order valence-electron chi connectivity index (χ3n) is 3.67. The van der Waals surface area contributed by atoms with E-state index in [1.165, 1.54) is 0 Å². The van der Waals surface area contributed by atoms with Gasteiger partial charge >= 0.3 is 5.97 Å². The Bertz CT molecular complexity index is 714. The Labute approximate surface area is 126 Å². The SMILES string of the molecule is CC(NC(=O)[C@@H]1CC[C@H](C(=O)O)O1)c1nnc2ccccn12. The number of aromatic nitrogens is 3. The molecule has 1 unspecified atom stereocenters. The smallest absolute Gasteiger partial charge is 0.332 e. The molecule has 3 atom stereocenters. The predicted octanol–water partition coefficient (Wildman–Crippen LogP) is 0.539. The number of ether oxygens (including phenoxy) is 1. The predicted molar refractivity (Wildman–Crippen MR) is 75.1 cm³/mol. The van der Waals surface area contributed by atoms with E-state index in [4.69, 9.17) is 9.84 Å². The molecule has 1 amide bonds. The van der Waals surface area contributed by atoms with Crippen LogP contribution in [0, 0.1) is 0 Å². The van der Waals surface area contributed by atoms with E-state index in [9.17, 15) is 9.59 Å². The van der Waals surface area contributed by atoms with Crippen LogP contribution >= 0.6 is 0 Å². The van der Waals surface area contributed by atoms with Crippen LogP contribution in [0.2, 0.25) is 0 Å². The van der Waals surface area contributed by atoms with Gasteiger partial charge in [0.1, 0.15) is 6.10 Å². The third kappa shape index (κ3) is 2.64. The maximum atomic E-state index is 12.2. The average molecular weight is 304 g/mol. The molecule has 3 rings (SSSR count). The van der Waals surface area contributed by atoms with Crippen molar-refractivity contribution >= 4 is 17.5 Å². The number of nitrogens with zero attached hydrogens (tertiary/aromatic N) is 3. The first-order valence-corrected chi connectivity index (χ1v) is 7.04. The Morgan fingerprint density at radius 3 is 2.86 bits per heavy atom. The zero-order chi connectivity index (χ0) is 15.7. The van der Waals surface area contributed by atoms with Gasteiger partial charge in [0.15, 0.2) is 17.6 Å². The van der Waals surface area contributed by atoms with E-state index in [1.54, 1.807) is 11.3 Å². The van der Waals surface area contributed by atoms with Crippen molar-refractivity contribution in [3.8, 4) is 0 Å². The Morgan fingerprint density at radius 1 is 1.36 bits per heavy atom. The summed E-state index contributed by atoms with van der Waals surface area (Å²) in [5, 5.41) is 19.8. The molecule has 1 aliphatic heterocycles. The number of hydrogen-bond acceptors (Lipinski definition) is 5. The molecule has 2 N–H and O–H groups in total. The molecule has 116 valence electrons. The molecule has 2 aromatic rings. The number of amides is 1. The molecule has 0 spiro atoms. The molecular weight excluding hydrogens is 288 g/mol. The number of carboxylic acid groups (broad SMARTS) is 1. The van der Waals surface area contributed by atoms with Gasteiger partial charge in [-0.15, -0.1) is 10.2 Å². The van der Waals surface area contributed by atoms with E-state index < -0.39 is 18.2 Å². The van der Waals surface area contributed by atoms with Crippen molar-refractivity contribution in [2.45, 2.75) is 38.0 Å². The number of carbonyl (C=O) groups excluding carboxylic acids is 1. The summed E-state index contributed by atoms with van der Waals surface area (Å²) in [6.45, 7) is 1.80. The molecule has 1 aliphatic rings. The summed E-state index contributed by atoms with van der Waals surface area (Å²) in [4.78, 5) is 23.0. The van der Waals surface area contributed by atoms with Crippen molar-refractivity contribution in [3.05, 3.63) is 30.2 Å². The molecule has 0 aliphatic carbocycles. The molecule has 3 heterocycles. The number of hydrogen-bond donors (Lipinski definition) is 2.